The molecule has 3 rings (SSSR count). The van der Waals surface area contributed by atoms with E-state index in [4.69, 9.17) is 11.6 Å². The van der Waals surface area contributed by atoms with Gasteiger partial charge >= 0.3 is 0 Å². The van der Waals surface area contributed by atoms with Crippen LogP contribution < -0.4 is 5.32 Å². The predicted octanol–water partition coefficient (Wildman–Crippen LogP) is 3.30. The van der Waals surface area contributed by atoms with Gasteiger partial charge in [-0.1, -0.05) is 48.0 Å². The van der Waals surface area contributed by atoms with Crippen LogP contribution in [0.1, 0.15) is 18.1 Å². The Kier molecular flexibility index (Phi) is 6.83. The van der Waals surface area contributed by atoms with E-state index in [-0.39, 0.29) is 17.8 Å². The lowest BCUT2D eigenvalue weighted by molar-refractivity contribution is -0.126. The molecule has 4 nitrogen and oxygen atoms in total. The number of amides is 1. The maximum absolute atomic E-state index is 13.2. The van der Waals surface area contributed by atoms with Crippen LogP contribution in [0, 0.1) is 5.82 Å². The fourth-order valence-electron chi connectivity index (χ4n) is 3.30. The van der Waals surface area contributed by atoms with E-state index in [2.05, 4.69) is 15.1 Å². The monoisotopic (exact) mass is 389 g/mol. The van der Waals surface area contributed by atoms with Crippen molar-refractivity contribution in [3.63, 3.8) is 0 Å². The quantitative estimate of drug-likeness (QED) is 0.823. The van der Waals surface area contributed by atoms with E-state index in [1.165, 1.54) is 12.1 Å². The molecule has 2 aromatic rings. The molecule has 1 atom stereocenters. The van der Waals surface area contributed by atoms with Gasteiger partial charge in [-0.25, -0.2) is 4.39 Å². The summed E-state index contributed by atoms with van der Waals surface area (Å²) < 4.78 is 13.2. The number of hydrogen-bond acceptors (Lipinski definition) is 3. The molecule has 0 saturated carbocycles. The Bertz CT molecular complexity index is 763. The summed E-state index contributed by atoms with van der Waals surface area (Å²) in [6, 6.07) is 14.3. The molecule has 1 aliphatic heterocycles. The molecule has 1 fully saturated rings. The molecule has 1 aliphatic rings. The second-order valence-corrected chi connectivity index (χ2v) is 7.33. The molecule has 1 heterocycles. The molecule has 0 spiro atoms. The lowest BCUT2D eigenvalue weighted by Gasteiger charge is -2.37. The summed E-state index contributed by atoms with van der Waals surface area (Å²) >= 11 is 6.12. The third-order valence-corrected chi connectivity index (χ3v) is 5.40. The van der Waals surface area contributed by atoms with Crippen LogP contribution in [0.15, 0.2) is 48.5 Å². The first kappa shape index (κ1) is 19.8. The SMILES string of the molecule is CC(C(=O)NCc1ccccc1)N1CCN(Cc2ccc(F)cc2Cl)CC1. The van der Waals surface area contributed by atoms with E-state index < -0.39 is 0 Å². The molecule has 0 radical (unpaired) electrons. The van der Waals surface area contributed by atoms with Gasteiger partial charge in [-0.15, -0.1) is 0 Å². The number of nitrogens with zero attached hydrogens (tertiary/aromatic N) is 2. The van der Waals surface area contributed by atoms with Gasteiger partial charge < -0.3 is 5.32 Å². The van der Waals surface area contributed by atoms with Gasteiger partial charge in [0.1, 0.15) is 5.82 Å². The third-order valence-electron chi connectivity index (χ3n) is 5.05. The Morgan fingerprint density at radius 2 is 1.85 bits per heavy atom. The van der Waals surface area contributed by atoms with Crippen molar-refractivity contribution in [1.82, 2.24) is 15.1 Å². The second-order valence-electron chi connectivity index (χ2n) is 6.93. The van der Waals surface area contributed by atoms with Gasteiger partial charge in [-0.05, 0) is 30.2 Å². The minimum absolute atomic E-state index is 0.0499. The number of piperazine rings is 1. The number of hydrogen-bond donors (Lipinski definition) is 1. The van der Waals surface area contributed by atoms with Gasteiger partial charge in [0.05, 0.1) is 6.04 Å². The largest absolute Gasteiger partial charge is 0.351 e. The van der Waals surface area contributed by atoms with Crippen LogP contribution in [-0.2, 0) is 17.9 Å². The molecular formula is C21H25ClFN3O. The van der Waals surface area contributed by atoms with E-state index in [9.17, 15) is 9.18 Å². The van der Waals surface area contributed by atoms with Crippen LogP contribution in [0.25, 0.3) is 0 Å². The summed E-state index contributed by atoms with van der Waals surface area (Å²) in [6.45, 7) is 6.53. The van der Waals surface area contributed by atoms with Crippen molar-refractivity contribution in [3.05, 3.63) is 70.5 Å². The fraction of sp³-hybridized carbons (Fsp3) is 0.381. The summed E-state index contributed by atoms with van der Waals surface area (Å²) in [5.74, 6) is -0.266. The zero-order valence-electron chi connectivity index (χ0n) is 15.5. The fourth-order valence-corrected chi connectivity index (χ4v) is 3.53. The normalized spacial score (nSPS) is 16.9. The van der Waals surface area contributed by atoms with Gasteiger partial charge in [0.2, 0.25) is 5.91 Å². The third kappa shape index (κ3) is 5.51. The van der Waals surface area contributed by atoms with Crippen LogP contribution in [0.4, 0.5) is 4.39 Å². The molecular weight excluding hydrogens is 365 g/mol. The van der Waals surface area contributed by atoms with E-state index in [0.717, 1.165) is 37.3 Å². The first-order valence-electron chi connectivity index (χ1n) is 9.25. The number of rotatable bonds is 6. The van der Waals surface area contributed by atoms with Crippen molar-refractivity contribution in [2.24, 2.45) is 0 Å². The summed E-state index contributed by atoms with van der Waals surface area (Å²) in [5, 5.41) is 3.48. The molecule has 2 aromatic carbocycles. The first-order valence-corrected chi connectivity index (χ1v) is 9.62. The number of benzene rings is 2. The maximum atomic E-state index is 13.2. The maximum Gasteiger partial charge on any atom is 0.237 e. The molecule has 1 saturated heterocycles. The first-order chi connectivity index (χ1) is 13.0. The van der Waals surface area contributed by atoms with Crippen LogP contribution in [0.2, 0.25) is 5.02 Å². The smallest absolute Gasteiger partial charge is 0.237 e. The minimum atomic E-state index is -0.316. The van der Waals surface area contributed by atoms with E-state index >= 15 is 0 Å². The highest BCUT2D eigenvalue weighted by Gasteiger charge is 2.25. The molecule has 1 amide bonds. The summed E-state index contributed by atoms with van der Waals surface area (Å²) in [6.07, 6.45) is 0. The highest BCUT2D eigenvalue weighted by atomic mass is 35.5. The number of halogens is 2. The number of carbonyl (C=O) groups excluding carboxylic acids is 1. The van der Waals surface area contributed by atoms with Crippen LogP contribution in [0.5, 0.6) is 0 Å². The average Bonchev–Trinajstić information content (AvgIpc) is 2.69. The Hall–Kier alpha value is -1.95. The lowest BCUT2D eigenvalue weighted by atomic mass is 10.1. The van der Waals surface area contributed by atoms with Crippen molar-refractivity contribution < 1.29 is 9.18 Å². The van der Waals surface area contributed by atoms with Crippen molar-refractivity contribution in [2.75, 3.05) is 26.2 Å². The van der Waals surface area contributed by atoms with E-state index in [0.29, 0.717) is 18.1 Å². The van der Waals surface area contributed by atoms with Gasteiger partial charge in [0.25, 0.3) is 0 Å². The van der Waals surface area contributed by atoms with Gasteiger partial charge in [0.15, 0.2) is 0 Å². The van der Waals surface area contributed by atoms with Crippen LogP contribution >= 0.6 is 11.6 Å². The van der Waals surface area contributed by atoms with Crippen molar-refractivity contribution in [2.45, 2.75) is 26.1 Å². The van der Waals surface area contributed by atoms with Crippen molar-refractivity contribution in [1.29, 1.82) is 0 Å². The average molecular weight is 390 g/mol. The summed E-state index contributed by atoms with van der Waals surface area (Å²) in [4.78, 5) is 16.9. The Labute approximate surface area is 164 Å². The predicted molar refractivity (Wildman–Crippen MR) is 106 cm³/mol. The van der Waals surface area contributed by atoms with E-state index in [1.807, 2.05) is 37.3 Å². The Morgan fingerprint density at radius 1 is 1.15 bits per heavy atom. The molecule has 0 bridgehead atoms. The number of carbonyl (C=O) groups is 1. The standard InChI is InChI=1S/C21H25ClFN3O/c1-16(21(27)24-14-17-5-3-2-4-6-17)26-11-9-25(10-12-26)15-18-7-8-19(23)13-20(18)22/h2-8,13,16H,9-12,14-15H2,1H3,(H,24,27). The lowest BCUT2D eigenvalue weighted by Crippen LogP contribution is -2.53. The van der Waals surface area contributed by atoms with Crippen molar-refractivity contribution >= 4 is 17.5 Å². The Morgan fingerprint density at radius 3 is 2.52 bits per heavy atom. The van der Waals surface area contributed by atoms with Gasteiger partial charge in [0, 0.05) is 44.3 Å². The zero-order chi connectivity index (χ0) is 19.2. The molecule has 1 unspecified atom stereocenters. The highest BCUT2D eigenvalue weighted by Crippen LogP contribution is 2.20. The summed E-state index contributed by atoms with van der Waals surface area (Å²) in [7, 11) is 0. The summed E-state index contributed by atoms with van der Waals surface area (Å²) in [5.41, 5.74) is 2.03. The zero-order valence-corrected chi connectivity index (χ0v) is 16.3. The van der Waals surface area contributed by atoms with Gasteiger partial charge in [-0.2, -0.15) is 0 Å². The van der Waals surface area contributed by atoms with Crippen LogP contribution in [0.3, 0.4) is 0 Å². The topological polar surface area (TPSA) is 35.6 Å². The molecule has 6 heteroatoms. The van der Waals surface area contributed by atoms with Crippen molar-refractivity contribution in [3.8, 4) is 0 Å². The highest BCUT2D eigenvalue weighted by molar-refractivity contribution is 6.31. The second kappa shape index (κ2) is 9.31. The van der Waals surface area contributed by atoms with E-state index in [1.54, 1.807) is 6.07 Å². The molecule has 144 valence electrons. The minimum Gasteiger partial charge on any atom is -0.351 e. The molecule has 1 N–H and O–H groups in total. The molecule has 0 aliphatic carbocycles. The molecule has 0 aromatic heterocycles. The van der Waals surface area contributed by atoms with Gasteiger partial charge in [-0.3, -0.25) is 14.6 Å². The van der Waals surface area contributed by atoms with Crippen LogP contribution in [-0.4, -0.2) is 47.9 Å². The molecule has 27 heavy (non-hydrogen) atoms. The Balaban J connectivity index is 1.45. The number of nitrogens with one attached hydrogen (secondary N) is 1.